The summed E-state index contributed by atoms with van der Waals surface area (Å²) < 4.78 is 15.5. The molecule has 2 aromatic carbocycles. The number of esters is 1. The van der Waals surface area contributed by atoms with Crippen molar-refractivity contribution >= 4 is 17.8 Å². The Labute approximate surface area is 181 Å². The fraction of sp³-hybridized carbons (Fsp3) is 0.348. The van der Waals surface area contributed by atoms with Crippen molar-refractivity contribution in [1.82, 2.24) is 10.6 Å². The van der Waals surface area contributed by atoms with Gasteiger partial charge in [0.1, 0.15) is 0 Å². The summed E-state index contributed by atoms with van der Waals surface area (Å²) in [5.74, 6) is -0.381. The Hall–Kier alpha value is -3.55. The Morgan fingerprint density at radius 3 is 2.23 bits per heavy atom. The number of hydrogen-bond acceptors (Lipinski definition) is 6. The summed E-state index contributed by atoms with van der Waals surface area (Å²) in [6.45, 7) is 3.27. The van der Waals surface area contributed by atoms with Gasteiger partial charge in [0.05, 0.1) is 39.3 Å². The summed E-state index contributed by atoms with van der Waals surface area (Å²) in [4.78, 5) is 37.0. The molecule has 0 saturated carbocycles. The molecule has 2 N–H and O–H groups in total. The van der Waals surface area contributed by atoms with Crippen LogP contribution < -0.4 is 20.1 Å². The fourth-order valence-corrected chi connectivity index (χ4v) is 2.90. The highest BCUT2D eigenvalue weighted by Crippen LogP contribution is 2.27. The van der Waals surface area contributed by atoms with Gasteiger partial charge in [-0.3, -0.25) is 14.4 Å². The van der Waals surface area contributed by atoms with E-state index in [1.807, 2.05) is 30.3 Å². The molecular formula is C23H28N2O6. The number of methoxy groups -OCH3 is 2. The Balaban J connectivity index is 2.00. The van der Waals surface area contributed by atoms with Gasteiger partial charge in [-0.2, -0.15) is 0 Å². The number of carbonyl (C=O) groups excluding carboxylic acids is 3. The van der Waals surface area contributed by atoms with Crippen molar-refractivity contribution in [3.8, 4) is 11.5 Å². The minimum Gasteiger partial charge on any atom is -0.493 e. The van der Waals surface area contributed by atoms with E-state index in [9.17, 15) is 14.4 Å². The van der Waals surface area contributed by atoms with E-state index >= 15 is 0 Å². The van der Waals surface area contributed by atoms with Gasteiger partial charge in [-0.05, 0) is 37.6 Å². The second-order valence-electron chi connectivity index (χ2n) is 7.03. The first-order chi connectivity index (χ1) is 14.8. The van der Waals surface area contributed by atoms with E-state index in [0.717, 1.165) is 5.56 Å². The van der Waals surface area contributed by atoms with Gasteiger partial charge < -0.3 is 24.8 Å². The molecule has 2 amide bonds. The monoisotopic (exact) mass is 428 g/mol. The van der Waals surface area contributed by atoms with E-state index in [0.29, 0.717) is 17.1 Å². The average Bonchev–Trinajstić information content (AvgIpc) is 2.76. The second-order valence-corrected chi connectivity index (χ2v) is 7.03. The maximum atomic E-state index is 12.5. The van der Waals surface area contributed by atoms with Gasteiger partial charge in [0.2, 0.25) is 5.91 Å². The van der Waals surface area contributed by atoms with Crippen molar-refractivity contribution in [3.63, 3.8) is 0 Å². The molecule has 0 spiro atoms. The quantitative estimate of drug-likeness (QED) is 0.564. The van der Waals surface area contributed by atoms with Crippen LogP contribution in [0.3, 0.4) is 0 Å². The number of carbonyl (C=O) groups is 3. The molecule has 2 rings (SSSR count). The molecule has 0 aromatic heterocycles. The number of ether oxygens (including phenoxy) is 3. The molecular weight excluding hydrogens is 400 g/mol. The van der Waals surface area contributed by atoms with E-state index in [1.165, 1.54) is 20.3 Å². The molecule has 8 nitrogen and oxygen atoms in total. The minimum atomic E-state index is -0.571. The molecule has 2 aromatic rings. The zero-order valence-corrected chi connectivity index (χ0v) is 18.1. The molecule has 0 fully saturated rings. The van der Waals surface area contributed by atoms with Crippen LogP contribution in [0.5, 0.6) is 11.5 Å². The van der Waals surface area contributed by atoms with Crippen molar-refractivity contribution in [3.05, 3.63) is 59.7 Å². The van der Waals surface area contributed by atoms with E-state index in [4.69, 9.17) is 14.2 Å². The molecule has 0 radical (unpaired) electrons. The topological polar surface area (TPSA) is 103 Å². The molecule has 1 atom stereocenters. The first-order valence-corrected chi connectivity index (χ1v) is 9.88. The van der Waals surface area contributed by atoms with Crippen LogP contribution in [0.1, 0.15) is 42.2 Å². The summed E-state index contributed by atoms with van der Waals surface area (Å²) in [7, 11) is 2.98. The first-order valence-electron chi connectivity index (χ1n) is 9.88. The fourth-order valence-electron chi connectivity index (χ4n) is 2.90. The van der Waals surface area contributed by atoms with Crippen molar-refractivity contribution in [2.24, 2.45) is 0 Å². The van der Waals surface area contributed by atoms with E-state index in [2.05, 4.69) is 10.6 Å². The smallest absolute Gasteiger partial charge is 0.308 e. The van der Waals surface area contributed by atoms with Crippen LogP contribution in [-0.2, 0) is 14.3 Å². The van der Waals surface area contributed by atoms with Crippen LogP contribution in [0.25, 0.3) is 0 Å². The van der Waals surface area contributed by atoms with Crippen molar-refractivity contribution < 1.29 is 28.6 Å². The third-order valence-electron chi connectivity index (χ3n) is 4.33. The van der Waals surface area contributed by atoms with E-state index in [-0.39, 0.29) is 19.1 Å². The summed E-state index contributed by atoms with van der Waals surface area (Å²) in [5, 5.41) is 5.35. The van der Waals surface area contributed by atoms with Crippen LogP contribution in [-0.4, -0.2) is 44.7 Å². The standard InChI is InChI=1S/C23H28N2O6/c1-15(2)31-22(27)13-18(16-8-6-5-7-9-16)25-21(26)14-24-23(28)17-10-11-19(29-3)20(12-17)30-4/h5-12,15,18H,13-14H2,1-4H3,(H,24,28)(H,25,26). The number of benzene rings is 2. The van der Waals surface area contributed by atoms with Crippen molar-refractivity contribution in [2.75, 3.05) is 20.8 Å². The van der Waals surface area contributed by atoms with Gasteiger partial charge in [-0.25, -0.2) is 0 Å². The molecule has 0 saturated heterocycles. The van der Waals surface area contributed by atoms with Gasteiger partial charge in [0.25, 0.3) is 5.91 Å². The molecule has 166 valence electrons. The number of nitrogens with one attached hydrogen (secondary N) is 2. The molecule has 0 aliphatic heterocycles. The van der Waals surface area contributed by atoms with Gasteiger partial charge in [0, 0.05) is 5.56 Å². The van der Waals surface area contributed by atoms with Crippen LogP contribution in [0.15, 0.2) is 48.5 Å². The lowest BCUT2D eigenvalue weighted by Crippen LogP contribution is -2.39. The average molecular weight is 428 g/mol. The zero-order valence-electron chi connectivity index (χ0n) is 18.1. The maximum Gasteiger partial charge on any atom is 0.308 e. The Bertz CT molecular complexity index is 898. The second kappa shape index (κ2) is 11.6. The van der Waals surface area contributed by atoms with Gasteiger partial charge in [-0.1, -0.05) is 30.3 Å². The minimum absolute atomic E-state index is 0.0163. The predicted molar refractivity (Wildman–Crippen MR) is 115 cm³/mol. The summed E-state index contributed by atoms with van der Waals surface area (Å²) in [6, 6.07) is 13.3. The lowest BCUT2D eigenvalue weighted by molar-refractivity contribution is -0.148. The van der Waals surface area contributed by atoms with Gasteiger partial charge in [0.15, 0.2) is 11.5 Å². The molecule has 8 heteroatoms. The highest BCUT2D eigenvalue weighted by Gasteiger charge is 2.20. The maximum absolute atomic E-state index is 12.5. The third-order valence-corrected chi connectivity index (χ3v) is 4.33. The Kier molecular flexibility index (Phi) is 8.87. The number of rotatable bonds is 10. The molecule has 0 aliphatic rings. The van der Waals surface area contributed by atoms with Crippen molar-refractivity contribution in [1.29, 1.82) is 0 Å². The third kappa shape index (κ3) is 7.33. The highest BCUT2D eigenvalue weighted by molar-refractivity contribution is 5.97. The van der Waals surface area contributed by atoms with Crippen molar-refractivity contribution in [2.45, 2.75) is 32.4 Å². The lowest BCUT2D eigenvalue weighted by atomic mass is 10.0. The number of hydrogen-bond donors (Lipinski definition) is 2. The molecule has 31 heavy (non-hydrogen) atoms. The SMILES string of the molecule is COc1ccc(C(=O)NCC(=O)NC(CC(=O)OC(C)C)c2ccccc2)cc1OC. The molecule has 1 unspecified atom stereocenters. The lowest BCUT2D eigenvalue weighted by Gasteiger charge is -2.19. The van der Waals surface area contributed by atoms with Crippen LogP contribution in [0, 0.1) is 0 Å². The molecule has 0 aliphatic carbocycles. The summed E-state index contributed by atoms with van der Waals surface area (Å²) in [5.41, 5.74) is 1.09. The van der Waals surface area contributed by atoms with Crippen LogP contribution in [0.2, 0.25) is 0 Å². The molecule has 0 heterocycles. The van der Waals surface area contributed by atoms with Crippen LogP contribution in [0.4, 0.5) is 0 Å². The van der Waals surface area contributed by atoms with Gasteiger partial charge in [-0.15, -0.1) is 0 Å². The van der Waals surface area contributed by atoms with E-state index in [1.54, 1.807) is 26.0 Å². The predicted octanol–water partition coefficient (Wildman–Crippen LogP) is 2.63. The first kappa shape index (κ1) is 23.7. The number of amides is 2. The zero-order chi connectivity index (χ0) is 22.8. The highest BCUT2D eigenvalue weighted by atomic mass is 16.5. The Morgan fingerprint density at radius 1 is 0.935 bits per heavy atom. The normalized spacial score (nSPS) is 11.4. The largest absolute Gasteiger partial charge is 0.493 e. The van der Waals surface area contributed by atoms with Gasteiger partial charge >= 0.3 is 5.97 Å². The Morgan fingerprint density at radius 2 is 1.61 bits per heavy atom. The van der Waals surface area contributed by atoms with E-state index < -0.39 is 23.8 Å². The summed E-state index contributed by atoms with van der Waals surface area (Å²) in [6.07, 6.45) is -0.266. The van der Waals surface area contributed by atoms with Crippen LogP contribution >= 0.6 is 0 Å². The summed E-state index contributed by atoms with van der Waals surface area (Å²) >= 11 is 0. The molecule has 0 bridgehead atoms.